The van der Waals surface area contributed by atoms with E-state index in [0.717, 1.165) is 20.1 Å². The minimum atomic E-state index is -3.38. The fourth-order valence-electron chi connectivity index (χ4n) is 1.98. The van der Waals surface area contributed by atoms with Gasteiger partial charge in [-0.3, -0.25) is 0 Å². The normalized spacial score (nSPS) is 11.6. The number of hydrogen-bond acceptors (Lipinski definition) is 4. The van der Waals surface area contributed by atoms with Crippen LogP contribution in [0.3, 0.4) is 0 Å². The molecule has 27 heavy (non-hydrogen) atoms. The van der Waals surface area contributed by atoms with Crippen molar-refractivity contribution >= 4 is 61.6 Å². The lowest BCUT2D eigenvalue weighted by molar-refractivity contribution is 0.587. The lowest BCUT2D eigenvalue weighted by Crippen LogP contribution is -2.23. The van der Waals surface area contributed by atoms with Crippen molar-refractivity contribution in [3.8, 4) is 0 Å². The zero-order chi connectivity index (χ0) is 20.5. The van der Waals surface area contributed by atoms with Crippen LogP contribution in [0.15, 0.2) is 57.5 Å². The standard InChI is InChI=1S/C9H12BrNO2S.C8H8BrClO2S/c1-11-14(12,13)6-5-8-3-2-4-9(10)7-8;9-8-3-1-2-7(6-8)4-5-13(10,11)12/h2-4,7,11H,5-6H2,1H3;1-3,6H,4-5H2. The Kier molecular flexibility index (Phi) is 10.5. The van der Waals surface area contributed by atoms with Gasteiger partial charge < -0.3 is 0 Å². The first kappa shape index (κ1) is 24.6. The average Bonchev–Trinajstić information content (AvgIpc) is 2.59. The van der Waals surface area contributed by atoms with Crippen molar-refractivity contribution in [3.63, 3.8) is 0 Å². The van der Waals surface area contributed by atoms with E-state index >= 15 is 0 Å². The molecule has 0 atom stereocenters. The van der Waals surface area contributed by atoms with Crippen molar-refractivity contribution in [2.45, 2.75) is 12.8 Å². The fourth-order valence-corrected chi connectivity index (χ4v) is 4.29. The minimum Gasteiger partial charge on any atom is -0.218 e. The maximum Gasteiger partial charge on any atom is 0.232 e. The summed E-state index contributed by atoms with van der Waals surface area (Å²) in [6.45, 7) is 0. The number of aryl methyl sites for hydroxylation is 2. The van der Waals surface area contributed by atoms with E-state index in [0.29, 0.717) is 12.8 Å². The van der Waals surface area contributed by atoms with Crippen LogP contribution in [0.25, 0.3) is 0 Å². The molecular formula is C17H20Br2ClNO4S2. The molecule has 0 aliphatic rings. The number of sulfonamides is 1. The van der Waals surface area contributed by atoms with Gasteiger partial charge in [-0.15, -0.1) is 0 Å². The second-order valence-corrected chi connectivity index (χ2v) is 12.3. The first-order chi connectivity index (χ1) is 12.5. The molecule has 0 unspecified atom stereocenters. The van der Waals surface area contributed by atoms with Crippen LogP contribution in [0.4, 0.5) is 0 Å². The van der Waals surface area contributed by atoms with Crippen molar-refractivity contribution in [1.82, 2.24) is 4.72 Å². The second-order valence-electron chi connectivity index (χ2n) is 5.53. The molecule has 0 radical (unpaired) electrons. The predicted molar refractivity (Wildman–Crippen MR) is 118 cm³/mol. The molecule has 1 N–H and O–H groups in total. The molecule has 0 saturated carbocycles. The molecule has 0 amide bonds. The third-order valence-electron chi connectivity index (χ3n) is 3.38. The molecule has 0 saturated heterocycles. The Morgan fingerprint density at radius 2 is 1.30 bits per heavy atom. The maximum absolute atomic E-state index is 11.1. The van der Waals surface area contributed by atoms with Gasteiger partial charge in [0.2, 0.25) is 19.1 Å². The Morgan fingerprint density at radius 1 is 0.852 bits per heavy atom. The summed E-state index contributed by atoms with van der Waals surface area (Å²) in [5, 5.41) is 0. The van der Waals surface area contributed by atoms with Gasteiger partial charge in [0.05, 0.1) is 11.5 Å². The summed E-state index contributed by atoms with van der Waals surface area (Å²) >= 11 is 6.63. The number of halogens is 3. The molecule has 0 spiro atoms. The van der Waals surface area contributed by atoms with Crippen molar-refractivity contribution in [2.75, 3.05) is 18.6 Å². The number of hydrogen-bond donors (Lipinski definition) is 1. The summed E-state index contributed by atoms with van der Waals surface area (Å²) in [7, 11) is 0.0361. The van der Waals surface area contributed by atoms with Crippen molar-refractivity contribution < 1.29 is 16.8 Å². The minimum absolute atomic E-state index is 0.0228. The fraction of sp³-hybridized carbons (Fsp3) is 0.294. The van der Waals surface area contributed by atoms with E-state index in [1.165, 1.54) is 7.05 Å². The first-order valence-electron chi connectivity index (χ1n) is 7.83. The number of benzene rings is 2. The van der Waals surface area contributed by atoms with E-state index < -0.39 is 19.1 Å². The largest absolute Gasteiger partial charge is 0.232 e. The van der Waals surface area contributed by atoms with Crippen LogP contribution in [0.5, 0.6) is 0 Å². The molecule has 2 rings (SSSR count). The zero-order valence-corrected chi connectivity index (χ0v) is 20.1. The quantitative estimate of drug-likeness (QED) is 0.517. The van der Waals surface area contributed by atoms with E-state index in [9.17, 15) is 16.8 Å². The maximum atomic E-state index is 11.1. The first-order valence-corrected chi connectivity index (χ1v) is 13.5. The van der Waals surface area contributed by atoms with Crippen molar-refractivity contribution in [3.05, 3.63) is 68.6 Å². The Bertz CT molecular complexity index is 951. The Hall–Kier alpha value is -0.450. The highest BCUT2D eigenvalue weighted by atomic mass is 79.9. The van der Waals surface area contributed by atoms with Crippen molar-refractivity contribution in [1.29, 1.82) is 0 Å². The number of rotatable bonds is 7. The lowest BCUT2D eigenvalue weighted by Gasteiger charge is -2.02. The average molecular weight is 562 g/mol. The summed E-state index contributed by atoms with van der Waals surface area (Å²) < 4.78 is 47.8. The number of nitrogens with one attached hydrogen (secondary N) is 1. The van der Waals surface area contributed by atoms with E-state index in [4.69, 9.17) is 10.7 Å². The molecule has 150 valence electrons. The monoisotopic (exact) mass is 559 g/mol. The van der Waals surface area contributed by atoms with E-state index in [2.05, 4.69) is 36.6 Å². The molecule has 0 fully saturated rings. The summed E-state index contributed by atoms with van der Waals surface area (Å²) in [6.07, 6.45) is 0.980. The van der Waals surface area contributed by atoms with E-state index in [1.807, 2.05) is 48.5 Å². The molecule has 0 aromatic heterocycles. The van der Waals surface area contributed by atoms with Crippen LogP contribution in [0, 0.1) is 0 Å². The highest BCUT2D eigenvalue weighted by molar-refractivity contribution is 9.10. The van der Waals surface area contributed by atoms with E-state index in [1.54, 1.807) is 0 Å². The lowest BCUT2D eigenvalue weighted by atomic mass is 10.2. The summed E-state index contributed by atoms with van der Waals surface area (Å²) in [5.74, 6) is 0.102. The highest BCUT2D eigenvalue weighted by Gasteiger charge is 2.07. The van der Waals surface area contributed by atoms with Gasteiger partial charge in [0.1, 0.15) is 0 Å². The molecule has 5 nitrogen and oxygen atoms in total. The zero-order valence-electron chi connectivity index (χ0n) is 14.5. The third-order valence-corrected chi connectivity index (χ3v) is 6.89. The topological polar surface area (TPSA) is 80.3 Å². The second kappa shape index (κ2) is 11.5. The summed E-state index contributed by atoms with van der Waals surface area (Å²) in [6, 6.07) is 15.1. The van der Waals surface area contributed by atoms with Crippen molar-refractivity contribution in [2.24, 2.45) is 0 Å². The van der Waals surface area contributed by atoms with Gasteiger partial charge in [-0.2, -0.15) is 0 Å². The van der Waals surface area contributed by atoms with E-state index in [-0.39, 0.29) is 11.5 Å². The van der Waals surface area contributed by atoms with Gasteiger partial charge in [-0.1, -0.05) is 56.1 Å². The molecule has 0 aliphatic carbocycles. The molecular weight excluding hydrogens is 542 g/mol. The van der Waals surface area contributed by atoms with Crippen LogP contribution in [0.1, 0.15) is 11.1 Å². The van der Waals surface area contributed by atoms with Crippen LogP contribution in [-0.4, -0.2) is 35.4 Å². The third kappa shape index (κ3) is 11.9. The molecule has 0 aliphatic heterocycles. The van der Waals surface area contributed by atoms with Gasteiger partial charge in [-0.05, 0) is 55.3 Å². The smallest absolute Gasteiger partial charge is 0.218 e. The Morgan fingerprint density at radius 3 is 1.67 bits per heavy atom. The van der Waals surface area contributed by atoms with Crippen LogP contribution in [0.2, 0.25) is 0 Å². The van der Waals surface area contributed by atoms with Gasteiger partial charge in [0, 0.05) is 19.6 Å². The summed E-state index contributed by atoms with van der Waals surface area (Å²) in [4.78, 5) is 0. The van der Waals surface area contributed by atoms with Gasteiger partial charge in [0.15, 0.2) is 0 Å². The Labute approximate surface area is 182 Å². The molecule has 0 bridgehead atoms. The van der Waals surface area contributed by atoms with Crippen LogP contribution >= 0.6 is 42.5 Å². The summed E-state index contributed by atoms with van der Waals surface area (Å²) in [5.41, 5.74) is 1.97. The highest BCUT2D eigenvalue weighted by Crippen LogP contribution is 2.13. The predicted octanol–water partition coefficient (Wildman–Crippen LogP) is 4.10. The Balaban J connectivity index is 0.000000271. The van der Waals surface area contributed by atoms with Crippen LogP contribution in [-0.2, 0) is 31.9 Å². The molecule has 2 aromatic rings. The van der Waals surface area contributed by atoms with Gasteiger partial charge in [-0.25, -0.2) is 21.6 Å². The molecule has 10 heteroatoms. The molecule has 0 heterocycles. The van der Waals surface area contributed by atoms with Gasteiger partial charge in [0.25, 0.3) is 0 Å². The SMILES string of the molecule is CNS(=O)(=O)CCc1cccc(Br)c1.O=S(=O)(Cl)CCc1cccc(Br)c1. The molecule has 2 aromatic carbocycles. The van der Waals surface area contributed by atoms with Gasteiger partial charge >= 0.3 is 0 Å². The van der Waals surface area contributed by atoms with Crippen LogP contribution < -0.4 is 4.72 Å².